The lowest BCUT2D eigenvalue weighted by molar-refractivity contribution is 0.108. The number of carbonyl (C=O) groups is 1. The van der Waals surface area contributed by atoms with Gasteiger partial charge in [-0.15, -0.1) is 11.3 Å². The molecule has 0 radical (unpaired) electrons. The van der Waals surface area contributed by atoms with Crippen molar-refractivity contribution in [3.05, 3.63) is 46.4 Å². The van der Waals surface area contributed by atoms with E-state index in [-0.39, 0.29) is 5.82 Å². The van der Waals surface area contributed by atoms with Crippen LogP contribution in [0.25, 0.3) is 0 Å². The molecular weight excluding hydrogens is 251 g/mol. The zero-order valence-electron chi connectivity index (χ0n) is 7.94. The molecule has 0 saturated heterocycles. The van der Waals surface area contributed by atoms with Gasteiger partial charge in [0, 0.05) is 0 Å². The predicted molar refractivity (Wildman–Crippen MR) is 61.0 cm³/mol. The van der Waals surface area contributed by atoms with E-state index in [0.717, 1.165) is 0 Å². The average Bonchev–Trinajstić information content (AvgIpc) is 2.69. The SMILES string of the molecule is O=C(Cl)c1sccc1Oc1ccc(F)cc1. The summed E-state index contributed by atoms with van der Waals surface area (Å²) in [4.78, 5) is 11.3. The van der Waals surface area contributed by atoms with Crippen LogP contribution in [-0.2, 0) is 0 Å². The minimum atomic E-state index is -0.563. The minimum absolute atomic E-state index is 0.339. The summed E-state index contributed by atoms with van der Waals surface area (Å²) in [6, 6.07) is 7.17. The van der Waals surface area contributed by atoms with Gasteiger partial charge in [-0.25, -0.2) is 4.39 Å². The van der Waals surface area contributed by atoms with E-state index >= 15 is 0 Å². The van der Waals surface area contributed by atoms with Gasteiger partial charge in [0.05, 0.1) is 0 Å². The van der Waals surface area contributed by atoms with E-state index in [0.29, 0.717) is 16.4 Å². The van der Waals surface area contributed by atoms with Crippen LogP contribution in [0.5, 0.6) is 11.5 Å². The second-order valence-corrected chi connectivity index (χ2v) is 4.20. The molecule has 1 aromatic carbocycles. The van der Waals surface area contributed by atoms with Gasteiger partial charge in [0.25, 0.3) is 5.24 Å². The van der Waals surface area contributed by atoms with Crippen LogP contribution in [0.1, 0.15) is 9.67 Å². The summed E-state index contributed by atoms with van der Waals surface area (Å²) in [7, 11) is 0. The Morgan fingerprint density at radius 3 is 2.56 bits per heavy atom. The van der Waals surface area contributed by atoms with Gasteiger partial charge in [-0.1, -0.05) is 0 Å². The van der Waals surface area contributed by atoms with Gasteiger partial charge in [-0.2, -0.15) is 0 Å². The average molecular weight is 257 g/mol. The van der Waals surface area contributed by atoms with E-state index in [9.17, 15) is 9.18 Å². The first-order valence-electron chi connectivity index (χ1n) is 4.37. The van der Waals surface area contributed by atoms with E-state index in [4.69, 9.17) is 16.3 Å². The summed E-state index contributed by atoms with van der Waals surface area (Å²) < 4.78 is 18.0. The highest BCUT2D eigenvalue weighted by Crippen LogP contribution is 2.30. The third-order valence-electron chi connectivity index (χ3n) is 1.85. The zero-order chi connectivity index (χ0) is 11.5. The summed E-state index contributed by atoms with van der Waals surface area (Å²) in [5.74, 6) is 0.502. The summed E-state index contributed by atoms with van der Waals surface area (Å²) in [6.07, 6.45) is 0. The largest absolute Gasteiger partial charge is 0.456 e. The second kappa shape index (κ2) is 4.63. The van der Waals surface area contributed by atoms with E-state index in [1.54, 1.807) is 11.4 Å². The van der Waals surface area contributed by atoms with Gasteiger partial charge in [0.15, 0.2) is 0 Å². The number of thiophene rings is 1. The Labute approximate surface area is 100 Å². The van der Waals surface area contributed by atoms with Crippen LogP contribution in [0.3, 0.4) is 0 Å². The van der Waals surface area contributed by atoms with Crippen molar-refractivity contribution < 1.29 is 13.9 Å². The smallest absolute Gasteiger partial charge is 0.266 e. The number of hydrogen-bond acceptors (Lipinski definition) is 3. The molecule has 0 aliphatic carbocycles. The van der Waals surface area contributed by atoms with Crippen LogP contribution < -0.4 is 4.74 Å². The molecule has 0 saturated carbocycles. The second-order valence-electron chi connectivity index (χ2n) is 2.94. The highest BCUT2D eigenvalue weighted by atomic mass is 35.5. The fraction of sp³-hybridized carbons (Fsp3) is 0. The van der Waals surface area contributed by atoms with Crippen LogP contribution in [0, 0.1) is 5.82 Å². The maximum atomic E-state index is 12.6. The van der Waals surface area contributed by atoms with Crippen molar-refractivity contribution in [1.82, 2.24) is 0 Å². The van der Waals surface area contributed by atoms with Crippen molar-refractivity contribution in [2.75, 3.05) is 0 Å². The van der Waals surface area contributed by atoms with Gasteiger partial charge in [-0.05, 0) is 47.3 Å². The van der Waals surface area contributed by atoms with E-state index in [1.165, 1.54) is 35.6 Å². The number of carbonyl (C=O) groups excluding carboxylic acids is 1. The van der Waals surface area contributed by atoms with Crippen LogP contribution in [0.15, 0.2) is 35.7 Å². The Bertz CT molecular complexity index is 507. The first-order valence-corrected chi connectivity index (χ1v) is 5.63. The lowest BCUT2D eigenvalue weighted by Crippen LogP contribution is -1.89. The van der Waals surface area contributed by atoms with E-state index < -0.39 is 5.24 Å². The lowest BCUT2D eigenvalue weighted by Gasteiger charge is -2.04. The molecule has 0 atom stereocenters. The number of rotatable bonds is 3. The molecular formula is C11H6ClFO2S. The van der Waals surface area contributed by atoms with Gasteiger partial charge < -0.3 is 4.74 Å². The molecule has 5 heteroatoms. The first-order chi connectivity index (χ1) is 7.66. The zero-order valence-corrected chi connectivity index (χ0v) is 9.52. The molecule has 0 N–H and O–H groups in total. The predicted octanol–water partition coefficient (Wildman–Crippen LogP) is 4.06. The molecule has 16 heavy (non-hydrogen) atoms. The normalized spacial score (nSPS) is 10.1. The molecule has 0 aliphatic rings. The Morgan fingerprint density at radius 2 is 1.94 bits per heavy atom. The molecule has 0 aliphatic heterocycles. The third kappa shape index (κ3) is 2.40. The number of ether oxygens (including phenoxy) is 1. The molecule has 82 valence electrons. The summed E-state index contributed by atoms with van der Waals surface area (Å²) in [6.45, 7) is 0. The molecule has 0 amide bonds. The van der Waals surface area contributed by atoms with Gasteiger partial charge >= 0.3 is 0 Å². The van der Waals surface area contributed by atoms with Gasteiger partial charge in [0.2, 0.25) is 0 Å². The number of benzene rings is 1. The molecule has 2 nitrogen and oxygen atoms in total. The Morgan fingerprint density at radius 1 is 1.25 bits per heavy atom. The highest BCUT2D eigenvalue weighted by Gasteiger charge is 2.12. The van der Waals surface area contributed by atoms with E-state index in [2.05, 4.69) is 0 Å². The quantitative estimate of drug-likeness (QED) is 0.774. The fourth-order valence-electron chi connectivity index (χ4n) is 1.15. The highest BCUT2D eigenvalue weighted by molar-refractivity contribution is 7.14. The van der Waals surface area contributed by atoms with Crippen LogP contribution in [-0.4, -0.2) is 5.24 Å². The molecule has 2 rings (SSSR count). The van der Waals surface area contributed by atoms with Gasteiger partial charge in [0.1, 0.15) is 22.2 Å². The summed E-state index contributed by atoms with van der Waals surface area (Å²) in [5.41, 5.74) is 0. The maximum absolute atomic E-state index is 12.6. The molecule has 0 bridgehead atoms. The molecule has 0 unspecified atom stereocenters. The Hall–Kier alpha value is -1.39. The van der Waals surface area contributed by atoms with Crippen molar-refractivity contribution in [2.45, 2.75) is 0 Å². The summed E-state index contributed by atoms with van der Waals surface area (Å²) in [5, 5.41) is 1.14. The molecule has 0 fully saturated rings. The monoisotopic (exact) mass is 256 g/mol. The minimum Gasteiger partial charge on any atom is -0.456 e. The van der Waals surface area contributed by atoms with Crippen molar-refractivity contribution in [2.24, 2.45) is 0 Å². The number of hydrogen-bond donors (Lipinski definition) is 0. The topological polar surface area (TPSA) is 26.3 Å². The Balaban J connectivity index is 2.23. The lowest BCUT2D eigenvalue weighted by atomic mass is 10.3. The summed E-state index contributed by atoms with van der Waals surface area (Å²) >= 11 is 6.57. The molecule has 2 aromatic rings. The van der Waals surface area contributed by atoms with Crippen molar-refractivity contribution >= 4 is 28.2 Å². The van der Waals surface area contributed by atoms with Crippen LogP contribution >= 0.6 is 22.9 Å². The van der Waals surface area contributed by atoms with Crippen molar-refractivity contribution in [3.63, 3.8) is 0 Å². The first kappa shape index (κ1) is 11.1. The van der Waals surface area contributed by atoms with Crippen molar-refractivity contribution in [1.29, 1.82) is 0 Å². The Kier molecular flexibility index (Phi) is 3.22. The van der Waals surface area contributed by atoms with E-state index in [1.807, 2.05) is 0 Å². The molecule has 1 aromatic heterocycles. The molecule has 1 heterocycles. The van der Waals surface area contributed by atoms with Crippen molar-refractivity contribution in [3.8, 4) is 11.5 Å². The standard InChI is InChI=1S/C11H6ClFO2S/c12-11(14)10-9(5-6-16-10)15-8-3-1-7(13)2-4-8/h1-6H. The van der Waals surface area contributed by atoms with Crippen LogP contribution in [0.2, 0.25) is 0 Å². The maximum Gasteiger partial charge on any atom is 0.266 e. The van der Waals surface area contributed by atoms with Gasteiger partial charge in [-0.3, -0.25) is 4.79 Å². The molecule has 0 spiro atoms. The number of halogens is 2. The van der Waals surface area contributed by atoms with Crippen LogP contribution in [0.4, 0.5) is 4.39 Å². The fourth-order valence-corrected chi connectivity index (χ4v) is 2.02. The third-order valence-corrected chi connectivity index (χ3v) is 3.04.